The number of rotatable bonds is 3. The van der Waals surface area contributed by atoms with E-state index in [2.05, 4.69) is 9.46 Å². The van der Waals surface area contributed by atoms with Crippen LogP contribution in [0.4, 0.5) is 9.05 Å². The van der Waals surface area contributed by atoms with Gasteiger partial charge in [0.15, 0.2) is 7.74 Å². The average molecular weight is 190 g/mol. The van der Waals surface area contributed by atoms with Gasteiger partial charge < -0.3 is 0 Å². The van der Waals surface area contributed by atoms with E-state index in [9.17, 15) is 13.6 Å². The summed E-state index contributed by atoms with van der Waals surface area (Å²) in [7, 11) is -6.61. The van der Waals surface area contributed by atoms with E-state index >= 15 is 0 Å². The molecule has 0 atom stereocenters. The lowest BCUT2D eigenvalue weighted by molar-refractivity contribution is -0.0811. The van der Waals surface area contributed by atoms with Gasteiger partial charge in [-0.1, -0.05) is 19.6 Å². The molecule has 0 heterocycles. The van der Waals surface area contributed by atoms with Crippen LogP contribution in [0.15, 0.2) is 0 Å². The fraction of sp³-hybridized carbons (Fsp3) is 1.00. The van der Waals surface area contributed by atoms with Crippen LogP contribution < -0.4 is 0 Å². The first kappa shape index (κ1) is 10.2. The largest absolute Gasteiger partial charge is 0.361 e. The van der Waals surface area contributed by atoms with E-state index in [1.807, 2.05) is 0 Å². The molecule has 0 amide bonds. The smallest absolute Gasteiger partial charge is 0.262 e. The molecule has 0 saturated carbocycles. The first-order chi connectivity index (χ1) is 4.37. The minimum Gasteiger partial charge on any atom is -0.262 e. The summed E-state index contributed by atoms with van der Waals surface area (Å²) >= 11 is 0. The Hall–Kier alpha value is 0.227. The molecule has 0 radical (unpaired) electrons. The van der Waals surface area contributed by atoms with E-state index in [0.717, 1.165) is 0 Å². The van der Waals surface area contributed by atoms with E-state index < -0.39 is 14.9 Å². The molecule has 10 heavy (non-hydrogen) atoms. The summed E-state index contributed by atoms with van der Waals surface area (Å²) in [5.41, 5.74) is 0. The molecule has 0 aliphatic heterocycles. The fourth-order valence-corrected chi connectivity index (χ4v) is 1.90. The average Bonchev–Trinajstić information content (AvgIpc) is 1.84. The maximum atomic E-state index is 11.4. The zero-order valence-electron chi connectivity index (χ0n) is 5.93. The standard InChI is InChI=1S/C3H9F2O3PSi/c1-10(2,3)9(6,7-4)8-5/h1-3H3. The zero-order valence-corrected chi connectivity index (χ0v) is 7.82. The van der Waals surface area contributed by atoms with Gasteiger partial charge in [0.2, 0.25) is 0 Å². The third-order valence-electron chi connectivity index (χ3n) is 1.00. The van der Waals surface area contributed by atoms with E-state index in [1.54, 1.807) is 0 Å². The Bertz CT molecular complexity index is 148. The second kappa shape index (κ2) is 3.09. The van der Waals surface area contributed by atoms with Gasteiger partial charge in [0.1, 0.15) is 0 Å². The van der Waals surface area contributed by atoms with Crippen molar-refractivity contribution in [1.29, 1.82) is 0 Å². The fourth-order valence-electron chi connectivity index (χ4n) is 0.218. The van der Waals surface area contributed by atoms with Crippen molar-refractivity contribution in [3.63, 3.8) is 0 Å². The Morgan fingerprint density at radius 2 is 1.50 bits per heavy atom. The van der Waals surface area contributed by atoms with Crippen molar-refractivity contribution >= 4 is 14.9 Å². The molecule has 0 unspecified atom stereocenters. The van der Waals surface area contributed by atoms with Gasteiger partial charge in [-0.05, 0) is 9.05 Å². The first-order valence-corrected chi connectivity index (χ1v) is 8.46. The SMILES string of the molecule is C[Si](C)(C)P(=O)(OF)OF. The number of halogens is 2. The van der Waals surface area contributed by atoms with Crippen molar-refractivity contribution in [1.82, 2.24) is 0 Å². The van der Waals surface area contributed by atoms with Crippen molar-refractivity contribution < 1.29 is 23.1 Å². The van der Waals surface area contributed by atoms with Gasteiger partial charge in [-0.15, -0.1) is 9.46 Å². The van der Waals surface area contributed by atoms with Gasteiger partial charge in [0, 0.05) is 0 Å². The first-order valence-electron chi connectivity index (χ1n) is 2.58. The van der Waals surface area contributed by atoms with E-state index in [-0.39, 0.29) is 0 Å². The number of hydrogen-bond donors (Lipinski definition) is 0. The normalized spacial score (nSPS) is 13.7. The Labute approximate surface area is 58.5 Å². The minimum atomic E-state index is -4.06. The van der Waals surface area contributed by atoms with Gasteiger partial charge in [-0.3, -0.25) is 4.57 Å². The molecule has 0 aliphatic carbocycles. The molecule has 0 aromatic heterocycles. The predicted molar refractivity (Wildman–Crippen MR) is 35.3 cm³/mol. The van der Waals surface area contributed by atoms with Crippen molar-refractivity contribution in [2.24, 2.45) is 0 Å². The molecule has 0 aliphatic rings. The summed E-state index contributed by atoms with van der Waals surface area (Å²) in [5, 5.41) is 0. The van der Waals surface area contributed by atoms with E-state index in [0.29, 0.717) is 0 Å². The van der Waals surface area contributed by atoms with Crippen molar-refractivity contribution in [3.8, 4) is 0 Å². The molecule has 0 aromatic rings. The van der Waals surface area contributed by atoms with Gasteiger partial charge in [-0.25, -0.2) is 0 Å². The summed E-state index contributed by atoms with van der Waals surface area (Å²) in [4.78, 5) is 0. The molecule has 0 rings (SSSR count). The summed E-state index contributed by atoms with van der Waals surface area (Å²) in [6.45, 7) is 4.44. The molecule has 0 spiro atoms. The third kappa shape index (κ3) is 1.85. The van der Waals surface area contributed by atoms with E-state index in [1.165, 1.54) is 19.6 Å². The third-order valence-corrected chi connectivity index (χ3v) is 8.35. The highest BCUT2D eigenvalue weighted by Crippen LogP contribution is 2.57. The Kier molecular flexibility index (Phi) is 3.16. The lowest BCUT2D eigenvalue weighted by Crippen LogP contribution is -2.21. The summed E-state index contributed by atoms with van der Waals surface area (Å²) in [5.74, 6) is 0. The summed E-state index contributed by atoms with van der Waals surface area (Å²) < 4.78 is 39.7. The molecule has 62 valence electrons. The minimum absolute atomic E-state index is 1.48. The molecule has 7 heteroatoms. The zero-order chi connectivity index (χ0) is 8.41. The molecular weight excluding hydrogens is 181 g/mol. The predicted octanol–water partition coefficient (Wildman–Crippen LogP) is 2.82. The second-order valence-electron chi connectivity index (χ2n) is 2.81. The quantitative estimate of drug-likeness (QED) is 0.507. The van der Waals surface area contributed by atoms with Crippen molar-refractivity contribution in [2.75, 3.05) is 0 Å². The lowest BCUT2D eigenvalue weighted by Gasteiger charge is -2.18. The van der Waals surface area contributed by atoms with Crippen LogP contribution in [0.5, 0.6) is 0 Å². The van der Waals surface area contributed by atoms with Gasteiger partial charge >= 0.3 is 7.14 Å². The van der Waals surface area contributed by atoms with Crippen LogP contribution in [0.25, 0.3) is 0 Å². The summed E-state index contributed by atoms with van der Waals surface area (Å²) in [6.07, 6.45) is 0. The lowest BCUT2D eigenvalue weighted by atomic mass is 11.8. The van der Waals surface area contributed by atoms with Crippen LogP contribution in [0.2, 0.25) is 19.6 Å². The molecule has 0 bridgehead atoms. The molecule has 0 fully saturated rings. The van der Waals surface area contributed by atoms with Crippen LogP contribution in [0.1, 0.15) is 0 Å². The van der Waals surface area contributed by atoms with Crippen LogP contribution >= 0.6 is 7.14 Å². The topological polar surface area (TPSA) is 35.5 Å². The molecule has 3 nitrogen and oxygen atoms in total. The van der Waals surface area contributed by atoms with Gasteiger partial charge in [0.25, 0.3) is 0 Å². The molecule has 0 N–H and O–H groups in total. The van der Waals surface area contributed by atoms with Crippen molar-refractivity contribution in [2.45, 2.75) is 19.6 Å². The van der Waals surface area contributed by atoms with Crippen LogP contribution in [-0.4, -0.2) is 7.74 Å². The monoisotopic (exact) mass is 190 g/mol. The maximum Gasteiger partial charge on any atom is 0.361 e. The molecule has 0 saturated heterocycles. The Morgan fingerprint density at radius 3 is 1.50 bits per heavy atom. The maximum absolute atomic E-state index is 11.4. The second-order valence-corrected chi connectivity index (χ2v) is 14.1. The van der Waals surface area contributed by atoms with E-state index in [4.69, 9.17) is 0 Å². The molecule has 0 aromatic carbocycles. The van der Waals surface area contributed by atoms with Crippen LogP contribution in [0, 0.1) is 0 Å². The Morgan fingerprint density at radius 1 is 1.20 bits per heavy atom. The highest BCUT2D eigenvalue weighted by molar-refractivity contribution is 7.92. The molecular formula is C3H9F2O3PSi. The van der Waals surface area contributed by atoms with Crippen LogP contribution in [0.3, 0.4) is 0 Å². The summed E-state index contributed by atoms with van der Waals surface area (Å²) in [6, 6.07) is 0. The van der Waals surface area contributed by atoms with Gasteiger partial charge in [0.05, 0.1) is 0 Å². The Balaban J connectivity index is 4.51. The number of hydrogen-bond acceptors (Lipinski definition) is 3. The van der Waals surface area contributed by atoms with Crippen molar-refractivity contribution in [3.05, 3.63) is 0 Å². The van der Waals surface area contributed by atoms with Crippen LogP contribution in [-0.2, 0) is 14.0 Å². The highest BCUT2D eigenvalue weighted by Gasteiger charge is 2.44. The van der Waals surface area contributed by atoms with Gasteiger partial charge in [-0.2, -0.15) is 0 Å². The highest BCUT2D eigenvalue weighted by atomic mass is 31.4.